The number of hydrogen-bond donors (Lipinski definition) is 2. The summed E-state index contributed by atoms with van der Waals surface area (Å²) >= 11 is 0. The second kappa shape index (κ2) is 13.0. The number of rotatable bonds is 4. The van der Waals surface area contributed by atoms with Crippen molar-refractivity contribution in [3.05, 3.63) is 54.1 Å². The summed E-state index contributed by atoms with van der Waals surface area (Å²) in [5.74, 6) is -4.84. The molecule has 1 fully saturated rings. The van der Waals surface area contributed by atoms with Crippen LogP contribution in [0.1, 0.15) is 37.9 Å². The predicted octanol–water partition coefficient (Wildman–Crippen LogP) is 4.28. The van der Waals surface area contributed by atoms with Crippen molar-refractivity contribution >= 4 is 23.5 Å². The minimum atomic E-state index is -5.08. The summed E-state index contributed by atoms with van der Waals surface area (Å²) in [6.45, 7) is 7.57. The average Bonchev–Trinajstić information content (AvgIpc) is 3.41. The summed E-state index contributed by atoms with van der Waals surface area (Å²) in [5.41, 5.74) is 3.52. The Balaban J connectivity index is 0.000000333. The van der Waals surface area contributed by atoms with Crippen LogP contribution in [-0.2, 0) is 26.3 Å². The first kappa shape index (κ1) is 32.3. The van der Waals surface area contributed by atoms with Crippen molar-refractivity contribution in [2.24, 2.45) is 5.92 Å². The van der Waals surface area contributed by atoms with E-state index in [4.69, 9.17) is 24.8 Å². The van der Waals surface area contributed by atoms with E-state index >= 15 is 0 Å². The van der Waals surface area contributed by atoms with Crippen LogP contribution < -0.4 is 4.90 Å². The molecule has 0 saturated carbocycles. The zero-order valence-corrected chi connectivity index (χ0v) is 21.5. The monoisotopic (exact) mass is 578 g/mol. The Hall–Kier alpha value is -3.91. The van der Waals surface area contributed by atoms with E-state index in [1.165, 1.54) is 11.3 Å². The maximum atomic E-state index is 12.6. The molecule has 2 aromatic heterocycles. The molecule has 220 valence electrons. The third-order valence-electron chi connectivity index (χ3n) is 5.99. The summed E-state index contributed by atoms with van der Waals surface area (Å²) in [4.78, 5) is 43.8. The highest BCUT2D eigenvalue weighted by molar-refractivity contribution is 5.77. The van der Waals surface area contributed by atoms with Gasteiger partial charge in [-0.3, -0.25) is 14.8 Å². The van der Waals surface area contributed by atoms with Gasteiger partial charge in [0.2, 0.25) is 5.91 Å². The first-order chi connectivity index (χ1) is 18.5. The molecule has 15 heteroatoms. The van der Waals surface area contributed by atoms with Crippen molar-refractivity contribution in [1.29, 1.82) is 0 Å². The summed E-state index contributed by atoms with van der Waals surface area (Å²) in [6, 6.07) is 8.26. The number of nitrogens with zero attached hydrogens (tertiary/aromatic N) is 4. The van der Waals surface area contributed by atoms with Gasteiger partial charge in [0.05, 0.1) is 16.8 Å². The number of alkyl halides is 6. The lowest BCUT2D eigenvalue weighted by Crippen LogP contribution is -2.38. The molecule has 2 aliphatic rings. The number of hydrogen-bond acceptors (Lipinski definition) is 6. The zero-order valence-electron chi connectivity index (χ0n) is 21.5. The minimum absolute atomic E-state index is 0.0363. The number of pyridine rings is 2. The van der Waals surface area contributed by atoms with Gasteiger partial charge < -0.3 is 20.0 Å². The van der Waals surface area contributed by atoms with E-state index in [-0.39, 0.29) is 11.3 Å². The van der Waals surface area contributed by atoms with Crippen LogP contribution >= 0.6 is 0 Å². The lowest BCUT2D eigenvalue weighted by atomic mass is 9.85. The third kappa shape index (κ3) is 8.81. The molecule has 2 aromatic rings. The first-order valence-corrected chi connectivity index (χ1v) is 11.9. The number of anilines is 1. The molecular weight excluding hydrogens is 550 g/mol. The Labute approximate surface area is 225 Å². The molecule has 0 aliphatic carbocycles. The molecule has 1 unspecified atom stereocenters. The number of aromatic nitrogens is 2. The van der Waals surface area contributed by atoms with Gasteiger partial charge in [-0.15, -0.1) is 0 Å². The Bertz CT molecular complexity index is 1150. The zero-order chi connectivity index (χ0) is 30.3. The Morgan fingerprint density at radius 1 is 0.975 bits per heavy atom. The number of fused-ring (bicyclic) bond motifs is 2. The topological polar surface area (TPSA) is 124 Å². The average molecular weight is 579 g/mol. The van der Waals surface area contributed by atoms with Crippen LogP contribution in [0.15, 0.2) is 42.9 Å². The number of carbonyl (C=O) groups excluding carboxylic acids is 1. The van der Waals surface area contributed by atoms with Crippen molar-refractivity contribution in [3.8, 4) is 0 Å². The van der Waals surface area contributed by atoms with Gasteiger partial charge in [0.15, 0.2) is 0 Å². The van der Waals surface area contributed by atoms with Crippen molar-refractivity contribution in [1.82, 2.24) is 14.9 Å². The van der Waals surface area contributed by atoms with Gasteiger partial charge in [0, 0.05) is 51.2 Å². The van der Waals surface area contributed by atoms with E-state index in [0.29, 0.717) is 12.3 Å². The van der Waals surface area contributed by atoms with E-state index < -0.39 is 24.3 Å². The van der Waals surface area contributed by atoms with Crippen LogP contribution in [0.2, 0.25) is 0 Å². The Morgan fingerprint density at radius 3 is 2.05 bits per heavy atom. The number of halogens is 6. The van der Waals surface area contributed by atoms with Gasteiger partial charge in [-0.05, 0) is 36.1 Å². The van der Waals surface area contributed by atoms with Gasteiger partial charge >= 0.3 is 24.3 Å². The lowest BCUT2D eigenvalue weighted by molar-refractivity contribution is -0.193. The molecule has 9 nitrogen and oxygen atoms in total. The van der Waals surface area contributed by atoms with Crippen LogP contribution in [0.3, 0.4) is 0 Å². The second-order valence-corrected chi connectivity index (χ2v) is 9.64. The molecule has 0 bridgehead atoms. The summed E-state index contributed by atoms with van der Waals surface area (Å²) in [5, 5.41) is 14.2. The van der Waals surface area contributed by atoms with Crippen LogP contribution in [0.25, 0.3) is 0 Å². The summed E-state index contributed by atoms with van der Waals surface area (Å²) in [6.07, 6.45) is -2.94. The van der Waals surface area contributed by atoms with E-state index in [0.717, 1.165) is 38.3 Å². The van der Waals surface area contributed by atoms with E-state index in [1.807, 2.05) is 29.4 Å². The van der Waals surface area contributed by atoms with Crippen molar-refractivity contribution in [2.75, 3.05) is 24.5 Å². The maximum absolute atomic E-state index is 12.6. The molecule has 2 N–H and O–H groups in total. The molecule has 4 heterocycles. The quantitative estimate of drug-likeness (QED) is 0.516. The largest absolute Gasteiger partial charge is 0.490 e. The van der Waals surface area contributed by atoms with Crippen molar-refractivity contribution < 1.29 is 50.9 Å². The molecule has 2 aliphatic heterocycles. The van der Waals surface area contributed by atoms with Crippen LogP contribution in [0.4, 0.5) is 32.0 Å². The third-order valence-corrected chi connectivity index (χ3v) is 5.99. The highest BCUT2D eigenvalue weighted by Gasteiger charge is 2.49. The molecule has 1 atom stereocenters. The first-order valence-electron chi connectivity index (χ1n) is 11.9. The fourth-order valence-corrected chi connectivity index (χ4v) is 4.33. The van der Waals surface area contributed by atoms with Gasteiger partial charge in [-0.25, -0.2) is 9.59 Å². The van der Waals surface area contributed by atoms with Gasteiger partial charge in [-0.2, -0.15) is 26.3 Å². The van der Waals surface area contributed by atoms with Gasteiger partial charge in [-0.1, -0.05) is 19.9 Å². The number of carboxylic acid groups (broad SMARTS) is 2. The standard InChI is InChI=1S/C21H26N4O.2C2HF3O2/c1-16(2)11-19(26)24-10-7-21(14-24)15-25(13-17-5-3-8-22-12-17)18-6-4-9-23-20(18)21;2*3-2(4,5)1(6)7/h3-6,8-9,12,16H,7,10-11,13-15H2,1-2H3;2*(H,6,7). The predicted molar refractivity (Wildman–Crippen MR) is 129 cm³/mol. The molecule has 40 heavy (non-hydrogen) atoms. The fraction of sp³-hybridized carbons (Fsp3) is 0.480. The van der Waals surface area contributed by atoms with Crippen LogP contribution in [0, 0.1) is 5.92 Å². The molecular formula is C25H28F6N4O5. The van der Waals surface area contributed by atoms with Crippen LogP contribution in [-0.4, -0.2) is 74.9 Å². The second-order valence-electron chi connectivity index (χ2n) is 9.64. The molecule has 0 aromatic carbocycles. The summed E-state index contributed by atoms with van der Waals surface area (Å²) < 4.78 is 63.5. The molecule has 0 radical (unpaired) electrons. The van der Waals surface area contributed by atoms with E-state index in [9.17, 15) is 31.1 Å². The van der Waals surface area contributed by atoms with E-state index in [1.54, 1.807) is 6.20 Å². The number of likely N-dealkylation sites (tertiary alicyclic amines) is 1. The highest BCUT2D eigenvalue weighted by Crippen LogP contribution is 2.45. The smallest absolute Gasteiger partial charge is 0.475 e. The van der Waals surface area contributed by atoms with Gasteiger partial charge in [0.1, 0.15) is 0 Å². The van der Waals surface area contributed by atoms with E-state index in [2.05, 4.69) is 35.9 Å². The fourth-order valence-electron chi connectivity index (χ4n) is 4.33. The number of aliphatic carboxylic acids is 2. The van der Waals surface area contributed by atoms with Crippen LogP contribution in [0.5, 0.6) is 0 Å². The SMILES string of the molecule is CC(C)CC(=O)N1CCC2(C1)CN(Cc1cccnc1)c1cccnc12.O=C(O)C(F)(F)F.O=C(O)C(F)(F)F. The number of carbonyl (C=O) groups is 3. The van der Waals surface area contributed by atoms with Crippen molar-refractivity contribution in [3.63, 3.8) is 0 Å². The lowest BCUT2D eigenvalue weighted by Gasteiger charge is -2.26. The molecule has 1 amide bonds. The number of carboxylic acids is 2. The normalized spacial score (nSPS) is 18.0. The summed E-state index contributed by atoms with van der Waals surface area (Å²) in [7, 11) is 0. The maximum Gasteiger partial charge on any atom is 0.490 e. The molecule has 1 spiro atoms. The minimum Gasteiger partial charge on any atom is -0.475 e. The Kier molecular flexibility index (Phi) is 10.5. The highest BCUT2D eigenvalue weighted by atomic mass is 19.4. The molecule has 4 rings (SSSR count). The van der Waals surface area contributed by atoms with Crippen molar-refractivity contribution in [2.45, 2.75) is 51.0 Å². The Morgan fingerprint density at radius 2 is 1.55 bits per heavy atom. The van der Waals surface area contributed by atoms with Gasteiger partial charge in [0.25, 0.3) is 0 Å². The molecule has 1 saturated heterocycles. The number of amides is 1.